The van der Waals surface area contributed by atoms with Crippen LogP contribution in [-0.2, 0) is 9.53 Å². The Morgan fingerprint density at radius 1 is 1.09 bits per heavy atom. The van der Waals surface area contributed by atoms with E-state index >= 15 is 0 Å². The number of carbonyl (C=O) groups excluding carboxylic acids is 1. The van der Waals surface area contributed by atoms with Crippen LogP contribution < -0.4 is 0 Å². The van der Waals surface area contributed by atoms with Gasteiger partial charge in [0.1, 0.15) is 0 Å². The fourth-order valence-corrected chi connectivity index (χ4v) is 3.37. The van der Waals surface area contributed by atoms with Crippen LogP contribution in [0.25, 0.3) is 0 Å². The summed E-state index contributed by atoms with van der Waals surface area (Å²) in [5.74, 6) is 0.922. The van der Waals surface area contributed by atoms with Crippen molar-refractivity contribution < 1.29 is 9.53 Å². The molecule has 1 aliphatic carbocycles. The SMILES string of the molecule is C[C@@H]1CCCC[C@H]1OCCN1CCN(CC(=O)N(C)C)CC1. The molecule has 2 atom stereocenters. The van der Waals surface area contributed by atoms with Crippen molar-refractivity contribution in [1.82, 2.24) is 14.7 Å². The minimum absolute atomic E-state index is 0.197. The maximum absolute atomic E-state index is 11.7. The van der Waals surface area contributed by atoms with Gasteiger partial charge in [0.05, 0.1) is 19.3 Å². The summed E-state index contributed by atoms with van der Waals surface area (Å²) in [6.45, 7) is 8.82. The Hall–Kier alpha value is -0.650. The topological polar surface area (TPSA) is 36.0 Å². The van der Waals surface area contributed by atoms with Gasteiger partial charge in [-0.05, 0) is 18.8 Å². The van der Waals surface area contributed by atoms with Crippen LogP contribution >= 0.6 is 0 Å². The van der Waals surface area contributed by atoms with Crippen LogP contribution in [0.2, 0.25) is 0 Å². The van der Waals surface area contributed by atoms with E-state index in [-0.39, 0.29) is 5.91 Å². The van der Waals surface area contributed by atoms with E-state index in [9.17, 15) is 4.79 Å². The Morgan fingerprint density at radius 2 is 1.73 bits per heavy atom. The lowest BCUT2D eigenvalue weighted by Gasteiger charge is -2.35. The van der Waals surface area contributed by atoms with Gasteiger partial charge < -0.3 is 9.64 Å². The zero-order chi connectivity index (χ0) is 15.9. The number of nitrogens with zero attached hydrogens (tertiary/aromatic N) is 3. The first-order valence-electron chi connectivity index (χ1n) is 8.82. The van der Waals surface area contributed by atoms with E-state index in [0.29, 0.717) is 12.6 Å². The van der Waals surface area contributed by atoms with Gasteiger partial charge in [0, 0.05) is 46.8 Å². The molecule has 0 spiro atoms. The molecular formula is C17H33N3O2. The van der Waals surface area contributed by atoms with Crippen LogP contribution in [-0.4, -0.2) is 86.7 Å². The van der Waals surface area contributed by atoms with Gasteiger partial charge in [0.15, 0.2) is 0 Å². The molecule has 0 N–H and O–H groups in total. The van der Waals surface area contributed by atoms with Crippen molar-refractivity contribution in [3.8, 4) is 0 Å². The third-order valence-corrected chi connectivity index (χ3v) is 5.09. The average molecular weight is 311 g/mol. The third-order valence-electron chi connectivity index (χ3n) is 5.09. The monoisotopic (exact) mass is 311 g/mol. The first kappa shape index (κ1) is 17.7. The van der Waals surface area contributed by atoms with E-state index in [1.54, 1.807) is 4.90 Å². The van der Waals surface area contributed by atoms with Crippen molar-refractivity contribution in [2.75, 3.05) is 60.0 Å². The van der Waals surface area contributed by atoms with Crippen molar-refractivity contribution >= 4 is 5.91 Å². The Bertz CT molecular complexity index is 341. The summed E-state index contributed by atoms with van der Waals surface area (Å²) in [4.78, 5) is 18.1. The van der Waals surface area contributed by atoms with Gasteiger partial charge in [-0.2, -0.15) is 0 Å². The minimum Gasteiger partial charge on any atom is -0.377 e. The average Bonchev–Trinajstić information content (AvgIpc) is 2.51. The Morgan fingerprint density at radius 3 is 2.36 bits per heavy atom. The summed E-state index contributed by atoms with van der Waals surface area (Å²) in [5.41, 5.74) is 0. The fourth-order valence-electron chi connectivity index (χ4n) is 3.37. The highest BCUT2D eigenvalue weighted by Gasteiger charge is 2.23. The van der Waals surface area contributed by atoms with Crippen LogP contribution in [0.3, 0.4) is 0 Å². The van der Waals surface area contributed by atoms with Crippen molar-refractivity contribution in [3.05, 3.63) is 0 Å². The Kier molecular flexibility index (Phi) is 7.12. The number of carbonyl (C=O) groups is 1. The molecule has 0 aromatic heterocycles. The number of hydrogen-bond acceptors (Lipinski definition) is 4. The zero-order valence-corrected chi connectivity index (χ0v) is 14.6. The molecule has 1 amide bonds. The summed E-state index contributed by atoms with van der Waals surface area (Å²) in [5, 5.41) is 0. The second kappa shape index (κ2) is 8.85. The van der Waals surface area contributed by atoms with Crippen LogP contribution in [0, 0.1) is 5.92 Å². The molecule has 0 bridgehead atoms. The lowest BCUT2D eigenvalue weighted by molar-refractivity contribution is -0.130. The lowest BCUT2D eigenvalue weighted by Crippen LogP contribution is -2.50. The predicted octanol–water partition coefficient (Wildman–Crippen LogP) is 1.29. The van der Waals surface area contributed by atoms with E-state index in [4.69, 9.17) is 4.74 Å². The second-order valence-corrected chi connectivity index (χ2v) is 7.08. The number of rotatable bonds is 6. The molecule has 5 nitrogen and oxygen atoms in total. The highest BCUT2D eigenvalue weighted by atomic mass is 16.5. The molecule has 0 unspecified atom stereocenters. The molecule has 5 heteroatoms. The minimum atomic E-state index is 0.197. The van der Waals surface area contributed by atoms with Gasteiger partial charge in [0.25, 0.3) is 0 Å². The van der Waals surface area contributed by atoms with E-state index in [1.165, 1.54) is 25.7 Å². The molecule has 0 aromatic carbocycles. The van der Waals surface area contributed by atoms with Gasteiger partial charge in [-0.15, -0.1) is 0 Å². The predicted molar refractivity (Wildman–Crippen MR) is 88.9 cm³/mol. The highest BCUT2D eigenvalue weighted by Crippen LogP contribution is 2.26. The van der Waals surface area contributed by atoms with E-state index in [2.05, 4.69) is 16.7 Å². The smallest absolute Gasteiger partial charge is 0.236 e. The van der Waals surface area contributed by atoms with Crippen LogP contribution in [0.1, 0.15) is 32.6 Å². The van der Waals surface area contributed by atoms with Crippen molar-refractivity contribution in [2.45, 2.75) is 38.7 Å². The fraction of sp³-hybridized carbons (Fsp3) is 0.941. The largest absolute Gasteiger partial charge is 0.377 e. The van der Waals surface area contributed by atoms with Gasteiger partial charge in [-0.25, -0.2) is 0 Å². The first-order chi connectivity index (χ1) is 10.6. The van der Waals surface area contributed by atoms with Crippen LogP contribution in [0.5, 0.6) is 0 Å². The number of amides is 1. The molecule has 2 fully saturated rings. The molecule has 1 aliphatic heterocycles. The Labute approximate surface area is 135 Å². The Balaban J connectivity index is 1.58. The zero-order valence-electron chi connectivity index (χ0n) is 14.6. The molecule has 1 heterocycles. The summed E-state index contributed by atoms with van der Waals surface area (Å²) < 4.78 is 6.10. The molecule has 128 valence electrons. The number of ether oxygens (including phenoxy) is 1. The highest BCUT2D eigenvalue weighted by molar-refractivity contribution is 5.77. The maximum atomic E-state index is 11.7. The van der Waals surface area contributed by atoms with Crippen molar-refractivity contribution in [2.24, 2.45) is 5.92 Å². The number of hydrogen-bond donors (Lipinski definition) is 0. The normalized spacial score (nSPS) is 27.8. The van der Waals surface area contributed by atoms with Crippen LogP contribution in [0.15, 0.2) is 0 Å². The van der Waals surface area contributed by atoms with Gasteiger partial charge >= 0.3 is 0 Å². The second-order valence-electron chi connectivity index (χ2n) is 7.08. The van der Waals surface area contributed by atoms with Crippen molar-refractivity contribution in [3.63, 3.8) is 0 Å². The standard InChI is InChI=1S/C17H33N3O2/c1-15-6-4-5-7-16(15)22-13-12-19-8-10-20(11-9-19)14-17(21)18(2)3/h15-16H,4-14H2,1-3H3/t15-,16-/m1/s1. The van der Waals surface area contributed by atoms with Crippen molar-refractivity contribution in [1.29, 1.82) is 0 Å². The molecule has 1 saturated carbocycles. The molecule has 22 heavy (non-hydrogen) atoms. The molecule has 1 saturated heterocycles. The summed E-state index contributed by atoms with van der Waals surface area (Å²) >= 11 is 0. The summed E-state index contributed by atoms with van der Waals surface area (Å²) in [6, 6.07) is 0. The molecule has 0 aromatic rings. The third kappa shape index (κ3) is 5.52. The van der Waals surface area contributed by atoms with E-state index in [1.807, 2.05) is 14.1 Å². The summed E-state index contributed by atoms with van der Waals surface area (Å²) in [6.07, 6.45) is 5.74. The number of likely N-dealkylation sites (N-methyl/N-ethyl adjacent to an activating group) is 1. The molecule has 2 aliphatic rings. The lowest BCUT2D eigenvalue weighted by atomic mass is 9.88. The number of piperazine rings is 1. The van der Waals surface area contributed by atoms with E-state index < -0.39 is 0 Å². The molecule has 0 radical (unpaired) electrons. The van der Waals surface area contributed by atoms with E-state index in [0.717, 1.165) is 45.2 Å². The first-order valence-corrected chi connectivity index (χ1v) is 8.82. The van der Waals surface area contributed by atoms with Gasteiger partial charge in [0.2, 0.25) is 5.91 Å². The quantitative estimate of drug-likeness (QED) is 0.740. The maximum Gasteiger partial charge on any atom is 0.236 e. The van der Waals surface area contributed by atoms with Gasteiger partial charge in [-0.1, -0.05) is 19.8 Å². The van der Waals surface area contributed by atoms with Crippen LogP contribution in [0.4, 0.5) is 0 Å². The molecular weight excluding hydrogens is 278 g/mol. The summed E-state index contributed by atoms with van der Waals surface area (Å²) in [7, 11) is 3.64. The van der Waals surface area contributed by atoms with Gasteiger partial charge in [-0.3, -0.25) is 14.6 Å². The molecule has 2 rings (SSSR count).